The SMILES string of the molecule is CC(C)CNCc1cccc(Cl)c1Oc1cccc(Cl)c1. The van der Waals surface area contributed by atoms with Gasteiger partial charge in [-0.15, -0.1) is 0 Å². The van der Waals surface area contributed by atoms with Crippen LogP contribution in [0.25, 0.3) is 0 Å². The molecule has 2 aromatic rings. The van der Waals surface area contributed by atoms with Crippen molar-refractivity contribution >= 4 is 23.2 Å². The van der Waals surface area contributed by atoms with Gasteiger partial charge in [-0.1, -0.05) is 55.2 Å². The van der Waals surface area contributed by atoms with Crippen molar-refractivity contribution in [3.05, 3.63) is 58.1 Å². The molecule has 0 aliphatic carbocycles. The maximum Gasteiger partial charge on any atom is 0.150 e. The third-order valence-corrected chi connectivity index (χ3v) is 3.47. The van der Waals surface area contributed by atoms with Crippen molar-refractivity contribution in [2.45, 2.75) is 20.4 Å². The summed E-state index contributed by atoms with van der Waals surface area (Å²) in [4.78, 5) is 0. The fraction of sp³-hybridized carbons (Fsp3) is 0.294. The van der Waals surface area contributed by atoms with Gasteiger partial charge in [0.2, 0.25) is 0 Å². The molecule has 0 heterocycles. The molecule has 0 aliphatic heterocycles. The minimum absolute atomic E-state index is 0.596. The highest BCUT2D eigenvalue weighted by Crippen LogP contribution is 2.33. The maximum atomic E-state index is 6.27. The zero-order valence-electron chi connectivity index (χ0n) is 12.2. The predicted octanol–water partition coefficient (Wildman–Crippen LogP) is 5.53. The van der Waals surface area contributed by atoms with E-state index < -0.39 is 0 Å². The van der Waals surface area contributed by atoms with Crippen molar-refractivity contribution in [3.63, 3.8) is 0 Å². The molecular weight excluding hydrogens is 305 g/mol. The van der Waals surface area contributed by atoms with Gasteiger partial charge in [0, 0.05) is 17.1 Å². The lowest BCUT2D eigenvalue weighted by molar-refractivity contribution is 0.469. The van der Waals surface area contributed by atoms with Crippen LogP contribution < -0.4 is 10.1 Å². The van der Waals surface area contributed by atoms with Gasteiger partial charge in [-0.05, 0) is 36.7 Å². The summed E-state index contributed by atoms with van der Waals surface area (Å²) in [6.45, 7) is 6.01. The van der Waals surface area contributed by atoms with Gasteiger partial charge < -0.3 is 10.1 Å². The van der Waals surface area contributed by atoms with Gasteiger partial charge in [-0.2, -0.15) is 0 Å². The molecular formula is C17H19Cl2NO. The van der Waals surface area contributed by atoms with Gasteiger partial charge in [-0.25, -0.2) is 0 Å². The summed E-state index contributed by atoms with van der Waals surface area (Å²) in [5, 5.41) is 4.64. The van der Waals surface area contributed by atoms with Gasteiger partial charge >= 0.3 is 0 Å². The van der Waals surface area contributed by atoms with Crippen LogP contribution in [-0.4, -0.2) is 6.54 Å². The normalized spacial score (nSPS) is 10.9. The Bertz CT molecular complexity index is 599. The molecule has 0 aromatic heterocycles. The average molecular weight is 324 g/mol. The van der Waals surface area contributed by atoms with Crippen LogP contribution in [0.5, 0.6) is 11.5 Å². The van der Waals surface area contributed by atoms with Crippen molar-refractivity contribution < 1.29 is 4.74 Å². The van der Waals surface area contributed by atoms with Crippen LogP contribution in [0.3, 0.4) is 0 Å². The summed E-state index contributed by atoms with van der Waals surface area (Å²) in [6.07, 6.45) is 0. The quantitative estimate of drug-likeness (QED) is 0.754. The molecule has 0 atom stereocenters. The second-order valence-corrected chi connectivity index (χ2v) is 6.16. The van der Waals surface area contributed by atoms with Crippen LogP contribution in [0, 0.1) is 5.92 Å². The van der Waals surface area contributed by atoms with E-state index in [9.17, 15) is 0 Å². The summed E-state index contributed by atoms with van der Waals surface area (Å²) in [7, 11) is 0. The number of halogens is 2. The van der Waals surface area contributed by atoms with Crippen molar-refractivity contribution in [2.24, 2.45) is 5.92 Å². The fourth-order valence-corrected chi connectivity index (χ4v) is 2.36. The molecule has 2 aromatic carbocycles. The fourth-order valence-electron chi connectivity index (χ4n) is 1.95. The number of benzene rings is 2. The molecule has 0 spiro atoms. The molecule has 0 radical (unpaired) electrons. The van der Waals surface area contributed by atoms with Crippen molar-refractivity contribution in [1.29, 1.82) is 0 Å². The Morgan fingerprint density at radius 2 is 1.86 bits per heavy atom. The summed E-state index contributed by atoms with van der Waals surface area (Å²) in [5.74, 6) is 1.96. The number of rotatable bonds is 6. The van der Waals surface area contributed by atoms with E-state index in [1.807, 2.05) is 36.4 Å². The monoisotopic (exact) mass is 323 g/mol. The summed E-state index contributed by atoms with van der Waals surface area (Å²) < 4.78 is 5.92. The first-order valence-electron chi connectivity index (χ1n) is 6.98. The summed E-state index contributed by atoms with van der Waals surface area (Å²) in [5.41, 5.74) is 1.03. The van der Waals surface area contributed by atoms with Crippen molar-refractivity contribution in [2.75, 3.05) is 6.54 Å². The van der Waals surface area contributed by atoms with Gasteiger partial charge in [0.1, 0.15) is 11.5 Å². The van der Waals surface area contributed by atoms with Crippen LogP contribution in [-0.2, 0) is 6.54 Å². The Kier molecular flexibility index (Phi) is 5.92. The Morgan fingerprint density at radius 1 is 1.10 bits per heavy atom. The molecule has 0 aliphatic rings. The molecule has 2 rings (SSSR count). The van der Waals surface area contributed by atoms with Gasteiger partial charge in [0.15, 0.2) is 0 Å². The first-order valence-corrected chi connectivity index (χ1v) is 7.73. The average Bonchev–Trinajstić information content (AvgIpc) is 2.42. The second kappa shape index (κ2) is 7.69. The smallest absolute Gasteiger partial charge is 0.150 e. The Morgan fingerprint density at radius 3 is 2.57 bits per heavy atom. The minimum atomic E-state index is 0.596. The van der Waals surface area contributed by atoms with Crippen LogP contribution in [0.2, 0.25) is 10.0 Å². The number of hydrogen-bond donors (Lipinski definition) is 1. The van der Waals surface area contributed by atoms with E-state index in [0.29, 0.717) is 34.0 Å². The van der Waals surface area contributed by atoms with Crippen LogP contribution in [0.15, 0.2) is 42.5 Å². The van der Waals surface area contributed by atoms with Crippen molar-refractivity contribution in [3.8, 4) is 11.5 Å². The number of hydrogen-bond acceptors (Lipinski definition) is 2. The third-order valence-electron chi connectivity index (χ3n) is 2.93. The van der Waals surface area contributed by atoms with Crippen LogP contribution >= 0.6 is 23.2 Å². The highest BCUT2D eigenvalue weighted by molar-refractivity contribution is 6.32. The van der Waals surface area contributed by atoms with Crippen LogP contribution in [0.1, 0.15) is 19.4 Å². The van der Waals surface area contributed by atoms with Gasteiger partial charge in [-0.3, -0.25) is 0 Å². The van der Waals surface area contributed by atoms with E-state index in [2.05, 4.69) is 19.2 Å². The van der Waals surface area contributed by atoms with E-state index in [0.717, 1.165) is 12.1 Å². The topological polar surface area (TPSA) is 21.3 Å². The van der Waals surface area contributed by atoms with Crippen molar-refractivity contribution in [1.82, 2.24) is 5.32 Å². The molecule has 2 nitrogen and oxygen atoms in total. The van der Waals surface area contributed by atoms with E-state index in [1.165, 1.54) is 0 Å². The molecule has 0 saturated carbocycles. The summed E-state index contributed by atoms with van der Waals surface area (Å²) in [6, 6.07) is 13.1. The third kappa shape index (κ3) is 4.92. The second-order valence-electron chi connectivity index (χ2n) is 5.31. The summed E-state index contributed by atoms with van der Waals surface area (Å²) >= 11 is 12.3. The van der Waals surface area contributed by atoms with E-state index in [4.69, 9.17) is 27.9 Å². The molecule has 1 N–H and O–H groups in total. The molecule has 0 fully saturated rings. The first-order chi connectivity index (χ1) is 10.1. The van der Waals surface area contributed by atoms with E-state index in [1.54, 1.807) is 6.07 Å². The highest BCUT2D eigenvalue weighted by Gasteiger charge is 2.10. The number of nitrogens with one attached hydrogen (secondary N) is 1. The zero-order chi connectivity index (χ0) is 15.2. The molecule has 0 amide bonds. The van der Waals surface area contributed by atoms with Crippen LogP contribution in [0.4, 0.5) is 0 Å². The lowest BCUT2D eigenvalue weighted by Gasteiger charge is -2.14. The minimum Gasteiger partial charge on any atom is -0.455 e. The first kappa shape index (κ1) is 16.2. The molecule has 112 valence electrons. The Balaban J connectivity index is 2.17. The van der Waals surface area contributed by atoms with E-state index >= 15 is 0 Å². The Labute approximate surface area is 136 Å². The number of ether oxygens (including phenoxy) is 1. The highest BCUT2D eigenvalue weighted by atomic mass is 35.5. The Hall–Kier alpha value is -1.22. The van der Waals surface area contributed by atoms with Gasteiger partial charge in [0.05, 0.1) is 5.02 Å². The molecule has 0 bridgehead atoms. The molecule has 0 unspecified atom stereocenters. The van der Waals surface area contributed by atoms with E-state index in [-0.39, 0.29) is 0 Å². The molecule has 0 saturated heterocycles. The predicted molar refractivity (Wildman–Crippen MR) is 89.5 cm³/mol. The molecule has 21 heavy (non-hydrogen) atoms. The maximum absolute atomic E-state index is 6.27. The number of para-hydroxylation sites is 1. The lowest BCUT2D eigenvalue weighted by atomic mass is 10.1. The lowest BCUT2D eigenvalue weighted by Crippen LogP contribution is -2.19. The van der Waals surface area contributed by atoms with Gasteiger partial charge in [0.25, 0.3) is 0 Å². The largest absolute Gasteiger partial charge is 0.455 e. The zero-order valence-corrected chi connectivity index (χ0v) is 13.7. The standard InChI is InChI=1S/C17H19Cl2NO/c1-12(2)10-20-11-13-5-3-8-16(19)17(13)21-15-7-4-6-14(18)9-15/h3-9,12,20H,10-11H2,1-2H3. The molecule has 4 heteroatoms.